The van der Waals surface area contributed by atoms with Crippen LogP contribution >= 0.6 is 24.4 Å². The maximum atomic E-state index is 10.7. The molecule has 1 aliphatic rings. The van der Waals surface area contributed by atoms with Gasteiger partial charge in [0.2, 0.25) is 0 Å². The van der Waals surface area contributed by atoms with Gasteiger partial charge >= 0.3 is 51.4 Å². The number of hydrogen-bond donors (Lipinski definition) is 2. The van der Waals surface area contributed by atoms with Crippen LogP contribution in [-0.4, -0.2) is 10.2 Å². The molecule has 2 rings (SSSR count). The number of anilines is 1. The topological polar surface area (TPSA) is 52.2 Å². The van der Waals surface area contributed by atoms with Gasteiger partial charge in [-0.15, -0.1) is 12.6 Å². The summed E-state index contributed by atoms with van der Waals surface area (Å²) in [5.41, 5.74) is 0.784. The summed E-state index contributed by atoms with van der Waals surface area (Å²) in [6, 6.07) is 7.33. The first-order valence-corrected chi connectivity index (χ1v) is 4.88. The van der Waals surface area contributed by atoms with E-state index in [2.05, 4.69) is 17.9 Å². The van der Waals surface area contributed by atoms with Crippen LogP contribution in [0.3, 0.4) is 0 Å². The van der Waals surface area contributed by atoms with Crippen molar-refractivity contribution in [1.29, 1.82) is 0 Å². The first kappa shape index (κ1) is 12.9. The first-order chi connectivity index (χ1) is 6.12. The zero-order valence-electron chi connectivity index (χ0n) is 7.48. The van der Waals surface area contributed by atoms with Crippen LogP contribution in [0, 0.1) is 0 Å². The number of carboxylic acid groups (broad SMARTS) is 1. The molecule has 0 radical (unpaired) electrons. The third kappa shape index (κ3) is 2.32. The van der Waals surface area contributed by atoms with E-state index < -0.39 is 10.2 Å². The second-order valence-corrected chi connectivity index (χ2v) is 4.88. The van der Waals surface area contributed by atoms with Crippen molar-refractivity contribution < 1.29 is 61.3 Å². The van der Waals surface area contributed by atoms with Crippen molar-refractivity contribution in [1.82, 2.24) is 0 Å². The summed E-state index contributed by atoms with van der Waals surface area (Å²) >= 11 is 5.15. The average Bonchev–Trinajstić information content (AvgIpc) is 2.42. The van der Waals surface area contributed by atoms with Crippen molar-refractivity contribution in [3.8, 4) is 0 Å². The third-order valence-corrected chi connectivity index (χ3v) is 3.43. The summed E-state index contributed by atoms with van der Waals surface area (Å²) in [5.74, 6) is -1.22. The molecule has 14 heavy (non-hydrogen) atoms. The van der Waals surface area contributed by atoms with Gasteiger partial charge in [-0.25, -0.2) is 0 Å². The van der Waals surface area contributed by atoms with Gasteiger partial charge in [-0.1, -0.05) is 23.9 Å². The van der Waals surface area contributed by atoms with Crippen LogP contribution in [0.4, 0.5) is 5.69 Å². The summed E-state index contributed by atoms with van der Waals surface area (Å²) in [5, 5.41) is 13.5. The van der Waals surface area contributed by atoms with E-state index in [0.29, 0.717) is 0 Å². The fourth-order valence-corrected chi connectivity index (χ4v) is 2.47. The van der Waals surface area contributed by atoms with Gasteiger partial charge in [0.1, 0.15) is 0 Å². The number of benzene rings is 1. The van der Waals surface area contributed by atoms with Crippen LogP contribution in [0.15, 0.2) is 29.2 Å². The van der Waals surface area contributed by atoms with Crippen LogP contribution in [-0.2, 0) is 4.79 Å². The largest absolute Gasteiger partial charge is 1.00 e. The predicted molar refractivity (Wildman–Crippen MR) is 52.6 cm³/mol. The molecule has 0 saturated heterocycles. The van der Waals surface area contributed by atoms with E-state index in [1.165, 1.54) is 0 Å². The second-order valence-electron chi connectivity index (χ2n) is 2.65. The Morgan fingerprint density at radius 2 is 2.14 bits per heavy atom. The van der Waals surface area contributed by atoms with Gasteiger partial charge in [0.25, 0.3) is 0 Å². The summed E-state index contributed by atoms with van der Waals surface area (Å²) in [4.78, 5) is 11.6. The number of hydrogen-bond acceptors (Lipinski definition) is 5. The molecule has 0 aliphatic carbocycles. The molecule has 0 amide bonds. The van der Waals surface area contributed by atoms with Crippen molar-refractivity contribution in [3.05, 3.63) is 24.3 Å². The number of thiol groups is 1. The maximum Gasteiger partial charge on any atom is 1.00 e. The second kappa shape index (κ2) is 4.77. The minimum absolute atomic E-state index is 0. The molecule has 1 aromatic rings. The molecule has 3 nitrogen and oxygen atoms in total. The molecule has 1 aliphatic heterocycles. The predicted octanol–water partition coefficient (Wildman–Crippen LogP) is -2.46. The summed E-state index contributed by atoms with van der Waals surface area (Å²) in [7, 11) is 0. The SMILES string of the molecule is O=C([O-])C1(S)Nc2ccccc2S1.[K+]. The van der Waals surface area contributed by atoms with E-state index in [1.807, 2.05) is 24.3 Å². The standard InChI is InChI=1S/C8H7NO2S2.K/c10-7(11)8(12)9-5-3-1-2-4-6(5)13-8;/h1-4,9,12H,(H,10,11);/q;+1/p-1. The molecule has 0 fully saturated rings. The van der Waals surface area contributed by atoms with Crippen LogP contribution in [0.25, 0.3) is 0 Å². The average molecular weight is 251 g/mol. The number of thioether (sulfide) groups is 1. The Balaban J connectivity index is 0.000000980. The Hall–Kier alpha value is 0.826. The van der Waals surface area contributed by atoms with E-state index >= 15 is 0 Å². The molecule has 1 aromatic carbocycles. The number of aliphatic carboxylic acids is 1. The van der Waals surface area contributed by atoms with E-state index in [0.717, 1.165) is 22.3 Å². The molecule has 1 heterocycles. The number of carbonyl (C=O) groups excluding carboxylic acids is 1. The van der Waals surface area contributed by atoms with Crippen molar-refractivity contribution in [2.45, 2.75) is 9.10 Å². The molecule has 0 bridgehead atoms. The summed E-state index contributed by atoms with van der Waals surface area (Å²) < 4.78 is -1.33. The fraction of sp³-hybridized carbons (Fsp3) is 0.125. The first-order valence-electron chi connectivity index (χ1n) is 3.62. The quantitative estimate of drug-likeness (QED) is 0.429. The Morgan fingerprint density at radius 1 is 1.50 bits per heavy atom. The van der Waals surface area contributed by atoms with Gasteiger partial charge in [0.05, 0.1) is 5.97 Å². The molecule has 6 heteroatoms. The molecule has 68 valence electrons. The molecular weight excluding hydrogens is 245 g/mol. The van der Waals surface area contributed by atoms with Gasteiger partial charge in [-0.05, 0) is 12.1 Å². The molecule has 0 spiro atoms. The van der Waals surface area contributed by atoms with Crippen molar-refractivity contribution >= 4 is 36.0 Å². The number of rotatable bonds is 1. The summed E-state index contributed by atoms with van der Waals surface area (Å²) in [6.45, 7) is 0. The van der Waals surface area contributed by atoms with E-state index in [-0.39, 0.29) is 51.4 Å². The zero-order chi connectivity index (χ0) is 9.47. The Morgan fingerprint density at radius 3 is 2.71 bits per heavy atom. The number of fused-ring (bicyclic) bond motifs is 1. The number of carboxylic acids is 1. The fourth-order valence-electron chi connectivity index (χ4n) is 1.12. The normalized spacial score (nSPS) is 23.2. The minimum atomic E-state index is -1.33. The van der Waals surface area contributed by atoms with Crippen LogP contribution in [0.1, 0.15) is 0 Å². The Kier molecular flexibility index (Phi) is 4.40. The molecule has 1 atom stereocenters. The smallest absolute Gasteiger partial charge is 0.546 e. The number of para-hydroxylation sites is 1. The van der Waals surface area contributed by atoms with E-state index in [4.69, 9.17) is 0 Å². The molecule has 0 aromatic heterocycles. The van der Waals surface area contributed by atoms with Crippen LogP contribution in [0.2, 0.25) is 0 Å². The van der Waals surface area contributed by atoms with E-state index in [9.17, 15) is 9.90 Å². The molecule has 1 unspecified atom stereocenters. The molecule has 1 N–H and O–H groups in total. The number of carbonyl (C=O) groups is 1. The van der Waals surface area contributed by atoms with Gasteiger partial charge in [-0.2, -0.15) is 0 Å². The van der Waals surface area contributed by atoms with Gasteiger partial charge in [-0.3, -0.25) is 0 Å². The number of nitrogens with one attached hydrogen (secondary N) is 1. The van der Waals surface area contributed by atoms with Gasteiger partial charge < -0.3 is 15.2 Å². The third-order valence-electron chi connectivity index (χ3n) is 1.73. The zero-order valence-corrected chi connectivity index (χ0v) is 12.3. The Labute approximate surface area is 134 Å². The van der Waals surface area contributed by atoms with E-state index in [1.54, 1.807) is 0 Å². The molecule has 0 saturated carbocycles. The molecular formula is C8H6KNO2S2. The Bertz CT molecular complexity index is 347. The maximum absolute atomic E-state index is 10.7. The minimum Gasteiger partial charge on any atom is -0.546 e. The summed E-state index contributed by atoms with van der Waals surface area (Å²) in [6.07, 6.45) is 0. The van der Waals surface area contributed by atoms with Gasteiger partial charge in [0, 0.05) is 10.6 Å². The van der Waals surface area contributed by atoms with Crippen molar-refractivity contribution in [2.75, 3.05) is 5.32 Å². The van der Waals surface area contributed by atoms with Crippen molar-refractivity contribution in [3.63, 3.8) is 0 Å². The van der Waals surface area contributed by atoms with Crippen molar-refractivity contribution in [2.24, 2.45) is 0 Å². The van der Waals surface area contributed by atoms with Gasteiger partial charge in [0.15, 0.2) is 4.20 Å². The van der Waals surface area contributed by atoms with Crippen LogP contribution < -0.4 is 61.8 Å². The monoisotopic (exact) mass is 251 g/mol. The van der Waals surface area contributed by atoms with Crippen LogP contribution in [0.5, 0.6) is 0 Å².